The number of hydrogen-bond donors (Lipinski definition) is 0. The van der Waals surface area contributed by atoms with Crippen molar-refractivity contribution in [2.75, 3.05) is 37.5 Å². The second-order valence-corrected chi connectivity index (χ2v) is 4.58. The summed E-state index contributed by atoms with van der Waals surface area (Å²) in [5, 5.41) is 12.6. The van der Waals surface area contributed by atoms with E-state index in [1.807, 2.05) is 52.7 Å². The number of hydrazone groups is 2. The second-order valence-electron chi connectivity index (χ2n) is 4.58. The summed E-state index contributed by atoms with van der Waals surface area (Å²) >= 11 is 0. The van der Waals surface area contributed by atoms with Gasteiger partial charge >= 0.3 is 0 Å². The summed E-state index contributed by atoms with van der Waals surface area (Å²) in [7, 11) is 4.01. The molecule has 6 nitrogen and oxygen atoms in total. The van der Waals surface area contributed by atoms with Crippen LogP contribution in [0.5, 0.6) is 0 Å². The summed E-state index contributed by atoms with van der Waals surface area (Å²) in [4.78, 5) is 4.07. The van der Waals surface area contributed by atoms with E-state index in [1.54, 1.807) is 0 Å². The monoisotopic (exact) mass is 244 g/mol. The fourth-order valence-electron chi connectivity index (χ4n) is 1.98. The smallest absolute Gasteiger partial charge is 0.113 e. The van der Waals surface area contributed by atoms with Gasteiger partial charge < -0.3 is 9.80 Å². The summed E-state index contributed by atoms with van der Waals surface area (Å²) in [6, 6.07) is 8.26. The second kappa shape index (κ2) is 4.21. The van der Waals surface area contributed by atoms with E-state index in [2.05, 4.69) is 28.4 Å². The zero-order valence-corrected chi connectivity index (χ0v) is 10.6. The zero-order chi connectivity index (χ0) is 12.5. The van der Waals surface area contributed by atoms with Crippen LogP contribution in [0.2, 0.25) is 0 Å². The van der Waals surface area contributed by atoms with Gasteiger partial charge in [0.15, 0.2) is 0 Å². The number of nitrogens with zero attached hydrogens (tertiary/aromatic N) is 6. The lowest BCUT2D eigenvalue weighted by Gasteiger charge is -2.19. The Bertz CT molecular complexity index is 456. The average Bonchev–Trinajstić information content (AvgIpc) is 2.98. The molecule has 0 aromatic heterocycles. The summed E-state index contributed by atoms with van der Waals surface area (Å²) in [5.41, 5.74) is 2.16. The third-order valence-electron chi connectivity index (χ3n) is 2.92. The molecule has 0 spiro atoms. The van der Waals surface area contributed by atoms with Crippen molar-refractivity contribution in [3.63, 3.8) is 0 Å². The standard InChI is InChI=1S/C12H16N6/c1-15-7-13-17(9-15)11-4-3-5-12(6-11)18-10-16(2)8-14-18/h3-8H,9-10H2,1-2H3. The van der Waals surface area contributed by atoms with E-state index in [4.69, 9.17) is 0 Å². The van der Waals surface area contributed by atoms with Gasteiger partial charge in [0.2, 0.25) is 0 Å². The Morgan fingerprint density at radius 3 is 1.78 bits per heavy atom. The van der Waals surface area contributed by atoms with Crippen LogP contribution in [0, 0.1) is 0 Å². The molecule has 0 radical (unpaired) electrons. The molecule has 0 amide bonds. The molecule has 0 saturated carbocycles. The molecule has 2 heterocycles. The maximum Gasteiger partial charge on any atom is 0.113 e. The van der Waals surface area contributed by atoms with Gasteiger partial charge in [0.25, 0.3) is 0 Å². The molecule has 1 aromatic rings. The van der Waals surface area contributed by atoms with Crippen LogP contribution in [-0.4, -0.2) is 49.9 Å². The van der Waals surface area contributed by atoms with Crippen LogP contribution in [0.3, 0.4) is 0 Å². The summed E-state index contributed by atoms with van der Waals surface area (Å²) < 4.78 is 0. The number of anilines is 2. The lowest BCUT2D eigenvalue weighted by atomic mass is 10.2. The predicted molar refractivity (Wildman–Crippen MR) is 73.6 cm³/mol. The van der Waals surface area contributed by atoms with Crippen molar-refractivity contribution < 1.29 is 0 Å². The van der Waals surface area contributed by atoms with E-state index in [-0.39, 0.29) is 0 Å². The van der Waals surface area contributed by atoms with Gasteiger partial charge in [-0.25, -0.2) is 10.0 Å². The molecule has 0 bridgehead atoms. The van der Waals surface area contributed by atoms with E-state index in [1.165, 1.54) is 0 Å². The molecule has 0 atom stereocenters. The highest BCUT2D eigenvalue weighted by atomic mass is 15.6. The first-order valence-electron chi connectivity index (χ1n) is 5.86. The van der Waals surface area contributed by atoms with Crippen LogP contribution in [-0.2, 0) is 0 Å². The van der Waals surface area contributed by atoms with Crippen LogP contribution < -0.4 is 10.0 Å². The molecular weight excluding hydrogens is 228 g/mol. The molecule has 0 N–H and O–H groups in total. The molecule has 2 aliphatic heterocycles. The van der Waals surface area contributed by atoms with Crippen LogP contribution in [0.15, 0.2) is 34.5 Å². The minimum absolute atomic E-state index is 0.784. The van der Waals surface area contributed by atoms with Crippen molar-refractivity contribution >= 4 is 24.1 Å². The third kappa shape index (κ3) is 1.97. The van der Waals surface area contributed by atoms with Crippen molar-refractivity contribution in [1.29, 1.82) is 0 Å². The lowest BCUT2D eigenvalue weighted by molar-refractivity contribution is 0.547. The maximum atomic E-state index is 4.34. The first-order chi connectivity index (χ1) is 8.72. The van der Waals surface area contributed by atoms with Crippen LogP contribution in [0.25, 0.3) is 0 Å². The normalized spacial score (nSPS) is 18.3. The van der Waals surface area contributed by atoms with Gasteiger partial charge in [0.05, 0.1) is 11.4 Å². The van der Waals surface area contributed by atoms with Crippen LogP contribution in [0.1, 0.15) is 0 Å². The maximum absolute atomic E-state index is 4.34. The zero-order valence-electron chi connectivity index (χ0n) is 10.6. The first kappa shape index (κ1) is 10.9. The Kier molecular flexibility index (Phi) is 2.55. The summed E-state index contributed by atoms with van der Waals surface area (Å²) in [6.45, 7) is 1.57. The minimum atomic E-state index is 0.784. The van der Waals surface area contributed by atoms with Crippen molar-refractivity contribution in [1.82, 2.24) is 9.80 Å². The van der Waals surface area contributed by atoms with Gasteiger partial charge in [0, 0.05) is 14.1 Å². The highest BCUT2D eigenvalue weighted by molar-refractivity contribution is 5.68. The van der Waals surface area contributed by atoms with Crippen molar-refractivity contribution in [3.05, 3.63) is 24.3 Å². The lowest BCUT2D eigenvalue weighted by Crippen LogP contribution is -2.24. The van der Waals surface area contributed by atoms with E-state index >= 15 is 0 Å². The van der Waals surface area contributed by atoms with E-state index in [9.17, 15) is 0 Å². The fourth-order valence-corrected chi connectivity index (χ4v) is 1.98. The molecule has 94 valence electrons. The average molecular weight is 244 g/mol. The van der Waals surface area contributed by atoms with Crippen molar-refractivity contribution in [3.8, 4) is 0 Å². The van der Waals surface area contributed by atoms with Gasteiger partial charge in [0.1, 0.15) is 26.0 Å². The van der Waals surface area contributed by atoms with Crippen LogP contribution in [0.4, 0.5) is 11.4 Å². The molecule has 0 unspecified atom stereocenters. The molecule has 6 heteroatoms. The van der Waals surface area contributed by atoms with Crippen molar-refractivity contribution in [2.45, 2.75) is 0 Å². The highest BCUT2D eigenvalue weighted by Crippen LogP contribution is 2.25. The van der Waals surface area contributed by atoms with Gasteiger partial charge in [-0.05, 0) is 18.2 Å². The van der Waals surface area contributed by atoms with Gasteiger partial charge in [-0.3, -0.25) is 0 Å². The molecule has 3 rings (SSSR count). The molecule has 2 aliphatic rings. The topological polar surface area (TPSA) is 37.7 Å². The van der Waals surface area contributed by atoms with Gasteiger partial charge in [-0.15, -0.1) is 0 Å². The van der Waals surface area contributed by atoms with Crippen molar-refractivity contribution in [2.24, 2.45) is 10.2 Å². The Hall–Kier alpha value is -2.24. The summed E-state index contributed by atoms with van der Waals surface area (Å²) in [6.07, 6.45) is 3.66. The van der Waals surface area contributed by atoms with Crippen LogP contribution >= 0.6 is 0 Å². The summed E-state index contributed by atoms with van der Waals surface area (Å²) in [5.74, 6) is 0. The third-order valence-corrected chi connectivity index (χ3v) is 2.92. The number of benzene rings is 1. The predicted octanol–water partition coefficient (Wildman–Crippen LogP) is 0.992. The molecule has 0 aliphatic carbocycles. The Labute approximate surface area is 106 Å². The number of rotatable bonds is 2. The van der Waals surface area contributed by atoms with E-state index in [0.29, 0.717) is 0 Å². The fraction of sp³-hybridized carbons (Fsp3) is 0.333. The quantitative estimate of drug-likeness (QED) is 0.777. The van der Waals surface area contributed by atoms with E-state index in [0.717, 1.165) is 24.7 Å². The Morgan fingerprint density at radius 2 is 1.39 bits per heavy atom. The SMILES string of the molecule is CN1C=NN(c2cccc(N3CN(C)C=N3)c2)C1. The van der Waals surface area contributed by atoms with Gasteiger partial charge in [-0.2, -0.15) is 10.2 Å². The highest BCUT2D eigenvalue weighted by Gasteiger charge is 2.16. The molecule has 18 heavy (non-hydrogen) atoms. The largest absolute Gasteiger partial charge is 0.345 e. The molecule has 0 fully saturated rings. The Balaban J connectivity index is 1.81. The number of hydrogen-bond acceptors (Lipinski definition) is 6. The van der Waals surface area contributed by atoms with Gasteiger partial charge in [-0.1, -0.05) is 6.07 Å². The van der Waals surface area contributed by atoms with E-state index < -0.39 is 0 Å². The minimum Gasteiger partial charge on any atom is -0.345 e. The molecular formula is C12H16N6. The molecule has 1 aromatic carbocycles. The Morgan fingerprint density at radius 1 is 0.889 bits per heavy atom. The molecule has 0 saturated heterocycles. The first-order valence-corrected chi connectivity index (χ1v) is 5.86.